The summed E-state index contributed by atoms with van der Waals surface area (Å²) in [5, 5.41) is 16.2. The standard InChI is InChI=1S/C57H46N2/c1-33-14-21-39(22-15-33)58(7)42-27-20-36(4)50(32-42)43-28-29-48-54-38(6)53-47-13-9-11-45-51(59(40-23-16-34(2)17-24-40)41-25-18-35(3)19-26-41)31-30-49(57(45)47)55(53)37(5)52(54)46-12-8-10-44(43)56(46)48/h8-32H,1-7H3. The third kappa shape index (κ3) is 5.19. The number of nitrogens with zero attached hydrogens (tertiary/aromatic N) is 2. The van der Waals surface area contributed by atoms with Crippen LogP contribution in [-0.4, -0.2) is 7.05 Å². The van der Waals surface area contributed by atoms with Crippen molar-refractivity contribution in [3.05, 3.63) is 185 Å². The summed E-state index contributed by atoms with van der Waals surface area (Å²) in [6, 6.07) is 57.0. The Labute approximate surface area is 346 Å². The topological polar surface area (TPSA) is 6.48 Å². The first-order valence-corrected chi connectivity index (χ1v) is 20.8. The zero-order valence-electron chi connectivity index (χ0n) is 34.8. The second kappa shape index (κ2) is 13.1. The molecule has 0 fully saturated rings. The van der Waals surface area contributed by atoms with E-state index in [1.54, 1.807) is 0 Å². The van der Waals surface area contributed by atoms with Crippen molar-refractivity contribution in [3.63, 3.8) is 0 Å². The van der Waals surface area contributed by atoms with Gasteiger partial charge in [0.15, 0.2) is 0 Å². The zero-order chi connectivity index (χ0) is 40.3. The fourth-order valence-corrected chi connectivity index (χ4v) is 10.2. The lowest BCUT2D eigenvalue weighted by Crippen LogP contribution is -2.10. The maximum atomic E-state index is 2.43. The van der Waals surface area contributed by atoms with Gasteiger partial charge >= 0.3 is 0 Å². The first-order chi connectivity index (χ1) is 28.7. The Hall–Kier alpha value is -6.90. The van der Waals surface area contributed by atoms with Crippen LogP contribution in [0, 0.1) is 41.5 Å². The molecular weight excluding hydrogens is 713 g/mol. The average Bonchev–Trinajstić information content (AvgIpc) is 3.78. The van der Waals surface area contributed by atoms with Crippen LogP contribution in [0.2, 0.25) is 0 Å². The first-order valence-electron chi connectivity index (χ1n) is 20.8. The van der Waals surface area contributed by atoms with Crippen molar-refractivity contribution in [1.29, 1.82) is 0 Å². The molecule has 0 heterocycles. The number of hydrogen-bond acceptors (Lipinski definition) is 2. The Balaban J connectivity index is 1.14. The molecule has 11 aromatic carbocycles. The molecule has 0 saturated carbocycles. The highest BCUT2D eigenvalue weighted by Gasteiger charge is 2.26. The summed E-state index contributed by atoms with van der Waals surface area (Å²) < 4.78 is 0. The summed E-state index contributed by atoms with van der Waals surface area (Å²) in [7, 11) is 2.16. The Morgan fingerprint density at radius 3 is 1.29 bits per heavy atom. The summed E-state index contributed by atoms with van der Waals surface area (Å²) in [5.74, 6) is 0. The van der Waals surface area contributed by atoms with Crippen LogP contribution in [0.5, 0.6) is 0 Å². The second-order valence-corrected chi connectivity index (χ2v) is 16.9. The Morgan fingerprint density at radius 2 is 0.746 bits per heavy atom. The van der Waals surface area contributed by atoms with Gasteiger partial charge in [-0.05, 0) is 183 Å². The predicted molar refractivity (Wildman–Crippen MR) is 257 cm³/mol. The summed E-state index contributed by atoms with van der Waals surface area (Å²) in [4.78, 5) is 4.72. The Kier molecular flexibility index (Phi) is 7.81. The molecule has 0 atom stereocenters. The van der Waals surface area contributed by atoms with Crippen LogP contribution in [0.15, 0.2) is 152 Å². The minimum atomic E-state index is 1.16. The molecule has 2 heteroatoms. The lowest BCUT2D eigenvalue weighted by Gasteiger charge is -2.27. The van der Waals surface area contributed by atoms with Gasteiger partial charge in [-0.1, -0.05) is 114 Å². The highest BCUT2D eigenvalue weighted by molar-refractivity contribution is 6.41. The van der Waals surface area contributed by atoms with E-state index < -0.39 is 0 Å². The smallest absolute Gasteiger partial charge is 0.0540 e. The number of hydrogen-bond donors (Lipinski definition) is 0. The summed E-state index contributed by atoms with van der Waals surface area (Å²) in [6.45, 7) is 13.4. The van der Waals surface area contributed by atoms with Crippen molar-refractivity contribution < 1.29 is 0 Å². The molecule has 0 bridgehead atoms. The van der Waals surface area contributed by atoms with E-state index in [1.807, 2.05) is 0 Å². The third-order valence-electron chi connectivity index (χ3n) is 13.3. The van der Waals surface area contributed by atoms with Gasteiger partial charge in [-0.15, -0.1) is 0 Å². The van der Waals surface area contributed by atoms with Crippen LogP contribution in [0.25, 0.3) is 75.8 Å². The molecule has 11 aromatic rings. The maximum Gasteiger partial charge on any atom is 0.0540 e. The van der Waals surface area contributed by atoms with Crippen molar-refractivity contribution in [2.75, 3.05) is 16.8 Å². The molecule has 2 nitrogen and oxygen atoms in total. The van der Waals surface area contributed by atoms with E-state index in [1.165, 1.54) is 126 Å². The van der Waals surface area contributed by atoms with Crippen LogP contribution in [0.1, 0.15) is 33.4 Å². The largest absolute Gasteiger partial charge is 0.345 e. The molecular formula is C57H46N2. The number of fused-ring (bicyclic) bond motifs is 6. The fourth-order valence-electron chi connectivity index (χ4n) is 10.2. The van der Waals surface area contributed by atoms with Crippen LogP contribution in [-0.2, 0) is 0 Å². The summed E-state index contributed by atoms with van der Waals surface area (Å²) >= 11 is 0. The van der Waals surface area contributed by atoms with Gasteiger partial charge in [0.2, 0.25) is 0 Å². The molecule has 0 saturated heterocycles. The number of benzene rings is 9. The predicted octanol–water partition coefficient (Wildman–Crippen LogP) is 16.2. The minimum Gasteiger partial charge on any atom is -0.345 e. The molecule has 0 spiro atoms. The first kappa shape index (κ1) is 35.3. The molecule has 0 aliphatic heterocycles. The molecule has 0 aromatic heterocycles. The van der Waals surface area contributed by atoms with Crippen LogP contribution >= 0.6 is 0 Å². The minimum absolute atomic E-state index is 1.16. The van der Waals surface area contributed by atoms with Gasteiger partial charge in [0.1, 0.15) is 0 Å². The van der Waals surface area contributed by atoms with Crippen LogP contribution < -0.4 is 9.80 Å². The van der Waals surface area contributed by atoms with E-state index in [4.69, 9.17) is 0 Å². The summed E-state index contributed by atoms with van der Waals surface area (Å²) in [5.41, 5.74) is 16.2. The Bertz CT molecular complexity index is 3320. The summed E-state index contributed by atoms with van der Waals surface area (Å²) in [6.07, 6.45) is 0. The van der Waals surface area contributed by atoms with Gasteiger partial charge in [-0.25, -0.2) is 0 Å². The zero-order valence-corrected chi connectivity index (χ0v) is 34.8. The maximum absolute atomic E-state index is 2.43. The Morgan fingerprint density at radius 1 is 0.322 bits per heavy atom. The van der Waals surface area contributed by atoms with Crippen molar-refractivity contribution in [3.8, 4) is 11.1 Å². The van der Waals surface area contributed by atoms with Gasteiger partial charge in [0, 0.05) is 35.2 Å². The molecule has 11 rings (SSSR count). The van der Waals surface area contributed by atoms with E-state index in [-0.39, 0.29) is 0 Å². The molecule has 0 aliphatic carbocycles. The van der Waals surface area contributed by atoms with E-state index in [0.29, 0.717) is 0 Å². The molecule has 0 unspecified atom stereocenters. The van der Waals surface area contributed by atoms with E-state index >= 15 is 0 Å². The van der Waals surface area contributed by atoms with Crippen molar-refractivity contribution in [2.24, 2.45) is 0 Å². The highest BCUT2D eigenvalue weighted by Crippen LogP contribution is 2.52. The average molecular weight is 759 g/mol. The van der Waals surface area contributed by atoms with Crippen LogP contribution in [0.4, 0.5) is 28.4 Å². The van der Waals surface area contributed by atoms with Gasteiger partial charge in [-0.3, -0.25) is 0 Å². The number of anilines is 5. The second-order valence-electron chi connectivity index (χ2n) is 16.9. The lowest BCUT2D eigenvalue weighted by molar-refractivity contribution is 1.20. The number of aryl methyl sites for hydroxylation is 6. The third-order valence-corrected chi connectivity index (χ3v) is 13.3. The molecule has 59 heavy (non-hydrogen) atoms. The number of rotatable bonds is 6. The van der Waals surface area contributed by atoms with Gasteiger partial charge in [0.25, 0.3) is 0 Å². The molecule has 0 radical (unpaired) electrons. The molecule has 0 N–H and O–H groups in total. The van der Waals surface area contributed by atoms with Gasteiger partial charge < -0.3 is 9.80 Å². The molecule has 284 valence electrons. The molecule has 0 amide bonds. The van der Waals surface area contributed by atoms with E-state index in [0.717, 1.165) is 11.4 Å². The monoisotopic (exact) mass is 758 g/mol. The van der Waals surface area contributed by atoms with E-state index in [2.05, 4.69) is 210 Å². The van der Waals surface area contributed by atoms with E-state index in [9.17, 15) is 0 Å². The SMILES string of the molecule is Cc1ccc(N(C)c2ccc(C)c(-c3ccc4c5c(C)c6c7cccc8c(N(c9ccc(C)cc9)c9ccc(C)cc9)ccc(c6c(C)c5c5cccc3c45)c87)c2)cc1. The van der Waals surface area contributed by atoms with Gasteiger partial charge in [0.05, 0.1) is 5.69 Å². The van der Waals surface area contributed by atoms with Crippen molar-refractivity contribution >= 4 is 93.1 Å². The quantitative estimate of drug-likeness (QED) is 0.167. The van der Waals surface area contributed by atoms with Gasteiger partial charge in [-0.2, -0.15) is 0 Å². The van der Waals surface area contributed by atoms with Crippen molar-refractivity contribution in [1.82, 2.24) is 0 Å². The van der Waals surface area contributed by atoms with Crippen LogP contribution in [0.3, 0.4) is 0 Å². The van der Waals surface area contributed by atoms with Crippen molar-refractivity contribution in [2.45, 2.75) is 41.5 Å². The highest BCUT2D eigenvalue weighted by atomic mass is 15.1. The fraction of sp³-hybridized carbons (Fsp3) is 0.123. The lowest BCUT2D eigenvalue weighted by atomic mass is 9.93. The normalized spacial score (nSPS) is 12.0. The molecule has 0 aliphatic rings.